The van der Waals surface area contributed by atoms with Crippen LogP contribution in [-0.4, -0.2) is 45.4 Å². The molecule has 0 atom stereocenters. The van der Waals surface area contributed by atoms with Crippen molar-refractivity contribution in [3.8, 4) is 11.5 Å². The van der Waals surface area contributed by atoms with Gasteiger partial charge in [-0.3, -0.25) is 4.79 Å². The number of amides is 1. The number of carbonyl (C=O) groups is 1. The lowest BCUT2D eigenvalue weighted by Gasteiger charge is -2.34. The number of benzene rings is 1. The topological polar surface area (TPSA) is 93.9 Å². The van der Waals surface area contributed by atoms with E-state index in [1.807, 2.05) is 29.6 Å². The van der Waals surface area contributed by atoms with E-state index in [0.717, 1.165) is 60.9 Å². The molecule has 2 aliphatic heterocycles. The van der Waals surface area contributed by atoms with Crippen molar-refractivity contribution in [3.63, 3.8) is 0 Å². The number of hydrogen-bond donors (Lipinski definition) is 1. The molecule has 0 unspecified atom stereocenters. The van der Waals surface area contributed by atoms with E-state index in [1.165, 1.54) is 5.56 Å². The number of piperidine rings is 1. The Bertz CT molecular complexity index is 1120. The second-order valence-corrected chi connectivity index (χ2v) is 7.99. The quantitative estimate of drug-likeness (QED) is 0.674. The van der Waals surface area contributed by atoms with Crippen LogP contribution >= 0.6 is 0 Å². The number of fused-ring (bicyclic) bond motifs is 2. The lowest BCUT2D eigenvalue weighted by molar-refractivity contribution is -0.125. The molecule has 0 aliphatic carbocycles. The Morgan fingerprint density at radius 3 is 2.84 bits per heavy atom. The molecular weight excluding hydrogens is 396 g/mol. The highest BCUT2D eigenvalue weighted by molar-refractivity contribution is 5.79. The van der Waals surface area contributed by atoms with Gasteiger partial charge in [-0.15, -0.1) is 0 Å². The Morgan fingerprint density at radius 1 is 1.23 bits per heavy atom. The Balaban J connectivity index is 1.23. The second-order valence-electron chi connectivity index (χ2n) is 7.99. The maximum atomic E-state index is 12.8. The average Bonchev–Trinajstić information content (AvgIpc) is 3.45. The Labute approximate surface area is 180 Å². The van der Waals surface area contributed by atoms with Crippen molar-refractivity contribution in [2.75, 3.05) is 24.8 Å². The molecule has 5 rings (SSSR count). The van der Waals surface area contributed by atoms with Crippen molar-refractivity contribution in [3.05, 3.63) is 41.3 Å². The molecule has 0 bridgehead atoms. The van der Waals surface area contributed by atoms with Crippen molar-refractivity contribution >= 4 is 17.5 Å². The van der Waals surface area contributed by atoms with Crippen molar-refractivity contribution in [2.24, 2.45) is 5.92 Å². The van der Waals surface area contributed by atoms with Gasteiger partial charge in [-0.25, -0.2) is 4.98 Å². The van der Waals surface area contributed by atoms with Crippen LogP contribution in [0.25, 0.3) is 5.78 Å². The molecule has 1 N–H and O–H groups in total. The number of nitrogens with one attached hydrogen (secondary N) is 1. The molecule has 2 aliphatic rings. The minimum Gasteiger partial charge on any atom is -0.454 e. The molecule has 2 aromatic heterocycles. The van der Waals surface area contributed by atoms with E-state index in [0.29, 0.717) is 12.3 Å². The van der Waals surface area contributed by atoms with Crippen LogP contribution in [0.3, 0.4) is 0 Å². The number of rotatable bonds is 5. The van der Waals surface area contributed by atoms with Gasteiger partial charge in [0, 0.05) is 36.8 Å². The SMILES string of the molecule is CCc1c(C)nc2ncnn2c1N1CCC(C(=O)NCc2ccc3c(c2)OCO3)CC1. The van der Waals surface area contributed by atoms with Crippen molar-refractivity contribution in [1.82, 2.24) is 24.9 Å². The first-order valence-electron chi connectivity index (χ1n) is 10.7. The number of aromatic nitrogens is 4. The molecular formula is C22H26N6O3. The molecule has 4 heterocycles. The monoisotopic (exact) mass is 422 g/mol. The van der Waals surface area contributed by atoms with Crippen molar-refractivity contribution in [2.45, 2.75) is 39.7 Å². The third-order valence-electron chi connectivity index (χ3n) is 6.13. The van der Waals surface area contributed by atoms with Crippen LogP contribution < -0.4 is 19.7 Å². The number of aryl methyl sites for hydroxylation is 1. The van der Waals surface area contributed by atoms with Gasteiger partial charge in [0.1, 0.15) is 12.1 Å². The summed E-state index contributed by atoms with van der Waals surface area (Å²) < 4.78 is 12.6. The predicted octanol–water partition coefficient (Wildman–Crippen LogP) is 2.26. The van der Waals surface area contributed by atoms with Gasteiger partial charge >= 0.3 is 0 Å². The molecule has 0 radical (unpaired) electrons. The summed E-state index contributed by atoms with van der Waals surface area (Å²) in [4.78, 5) is 23.9. The zero-order valence-corrected chi connectivity index (χ0v) is 17.8. The Hall–Kier alpha value is -3.36. The second kappa shape index (κ2) is 8.05. The van der Waals surface area contributed by atoms with Crippen LogP contribution in [0.1, 0.15) is 36.6 Å². The lowest BCUT2D eigenvalue weighted by Crippen LogP contribution is -2.41. The number of anilines is 1. The largest absolute Gasteiger partial charge is 0.454 e. The minimum absolute atomic E-state index is 0.00417. The van der Waals surface area contributed by atoms with Crippen LogP contribution in [0.2, 0.25) is 0 Å². The molecule has 1 fully saturated rings. The van der Waals surface area contributed by atoms with Gasteiger partial charge in [0.15, 0.2) is 11.5 Å². The fourth-order valence-corrected chi connectivity index (χ4v) is 4.44. The molecule has 1 saturated heterocycles. The summed E-state index contributed by atoms with van der Waals surface area (Å²) >= 11 is 0. The highest BCUT2D eigenvalue weighted by Gasteiger charge is 2.28. The normalized spacial score (nSPS) is 16.1. The fourth-order valence-electron chi connectivity index (χ4n) is 4.44. The first kappa shape index (κ1) is 19.6. The molecule has 9 nitrogen and oxygen atoms in total. The van der Waals surface area contributed by atoms with E-state index in [4.69, 9.17) is 9.47 Å². The maximum Gasteiger partial charge on any atom is 0.254 e. The van der Waals surface area contributed by atoms with E-state index in [2.05, 4.69) is 32.2 Å². The van der Waals surface area contributed by atoms with E-state index in [9.17, 15) is 4.79 Å². The fraction of sp³-hybridized carbons (Fsp3) is 0.455. The first-order chi connectivity index (χ1) is 15.1. The number of hydrogen-bond acceptors (Lipinski definition) is 7. The van der Waals surface area contributed by atoms with E-state index >= 15 is 0 Å². The van der Waals surface area contributed by atoms with E-state index < -0.39 is 0 Å². The molecule has 0 saturated carbocycles. The highest BCUT2D eigenvalue weighted by atomic mass is 16.7. The number of nitrogens with zero attached hydrogens (tertiary/aromatic N) is 5. The lowest BCUT2D eigenvalue weighted by atomic mass is 9.95. The van der Waals surface area contributed by atoms with Gasteiger partial charge in [0.25, 0.3) is 5.78 Å². The number of ether oxygens (including phenoxy) is 2. The van der Waals surface area contributed by atoms with Gasteiger partial charge in [0.05, 0.1) is 0 Å². The van der Waals surface area contributed by atoms with Crippen LogP contribution in [-0.2, 0) is 17.8 Å². The molecule has 0 spiro atoms. The summed E-state index contributed by atoms with van der Waals surface area (Å²) in [5.41, 5.74) is 3.17. The van der Waals surface area contributed by atoms with Gasteiger partial charge in [-0.05, 0) is 43.9 Å². The van der Waals surface area contributed by atoms with Gasteiger partial charge in [-0.2, -0.15) is 14.6 Å². The molecule has 1 amide bonds. The van der Waals surface area contributed by atoms with Crippen LogP contribution in [0, 0.1) is 12.8 Å². The van der Waals surface area contributed by atoms with Crippen LogP contribution in [0.15, 0.2) is 24.5 Å². The number of carbonyl (C=O) groups excluding carboxylic acids is 1. The molecule has 3 aromatic rings. The van der Waals surface area contributed by atoms with Crippen molar-refractivity contribution in [1.29, 1.82) is 0 Å². The first-order valence-corrected chi connectivity index (χ1v) is 10.7. The van der Waals surface area contributed by atoms with E-state index in [-0.39, 0.29) is 18.6 Å². The zero-order chi connectivity index (χ0) is 21.4. The smallest absolute Gasteiger partial charge is 0.254 e. The third-order valence-corrected chi connectivity index (χ3v) is 6.13. The predicted molar refractivity (Wildman–Crippen MR) is 114 cm³/mol. The summed E-state index contributed by atoms with van der Waals surface area (Å²) in [7, 11) is 0. The Kier molecular flexibility index (Phi) is 5.09. The van der Waals surface area contributed by atoms with Crippen LogP contribution in [0.5, 0.6) is 11.5 Å². The van der Waals surface area contributed by atoms with Crippen LogP contribution in [0.4, 0.5) is 5.82 Å². The summed E-state index contributed by atoms with van der Waals surface area (Å²) in [6.07, 6.45) is 4.02. The Morgan fingerprint density at radius 2 is 2.03 bits per heavy atom. The summed E-state index contributed by atoms with van der Waals surface area (Å²) in [5.74, 6) is 3.27. The molecule has 31 heavy (non-hydrogen) atoms. The third kappa shape index (κ3) is 3.64. The zero-order valence-electron chi connectivity index (χ0n) is 17.8. The standard InChI is InChI=1S/C22H26N6O3/c1-3-17-14(2)26-22-24-12-25-28(22)21(17)27-8-6-16(7-9-27)20(29)23-11-15-4-5-18-19(10-15)31-13-30-18/h4-5,10,12,16H,3,6-9,11,13H2,1-2H3,(H,23,29). The molecule has 162 valence electrons. The average molecular weight is 422 g/mol. The molecule has 1 aromatic carbocycles. The summed E-state index contributed by atoms with van der Waals surface area (Å²) in [6.45, 7) is 6.49. The highest BCUT2D eigenvalue weighted by Crippen LogP contribution is 2.32. The van der Waals surface area contributed by atoms with Gasteiger partial charge in [0.2, 0.25) is 12.7 Å². The minimum atomic E-state index is 0.00417. The maximum absolute atomic E-state index is 12.8. The van der Waals surface area contributed by atoms with Gasteiger partial charge < -0.3 is 19.7 Å². The summed E-state index contributed by atoms with van der Waals surface area (Å²) in [5, 5.41) is 7.47. The summed E-state index contributed by atoms with van der Waals surface area (Å²) in [6, 6.07) is 5.76. The van der Waals surface area contributed by atoms with Crippen molar-refractivity contribution < 1.29 is 14.3 Å². The van der Waals surface area contributed by atoms with E-state index in [1.54, 1.807) is 6.33 Å². The molecule has 9 heteroatoms. The van der Waals surface area contributed by atoms with Gasteiger partial charge in [-0.1, -0.05) is 13.0 Å².